The Labute approximate surface area is 132 Å². The van der Waals surface area contributed by atoms with Crippen LogP contribution in [0.5, 0.6) is 0 Å². The van der Waals surface area contributed by atoms with Crippen molar-refractivity contribution in [2.45, 2.75) is 12.8 Å². The van der Waals surface area contributed by atoms with Crippen molar-refractivity contribution >= 4 is 26.3 Å². The summed E-state index contributed by atoms with van der Waals surface area (Å²) in [4.78, 5) is 0. The van der Waals surface area contributed by atoms with Gasteiger partial charge in [-0.05, 0) is 30.0 Å². The monoisotopic (exact) mass is 341 g/mol. The fraction of sp³-hybridized carbons (Fsp3) is 0.429. The molecule has 1 N–H and O–H groups in total. The molecule has 2 aromatic rings. The molecule has 0 radical (unpaired) electrons. The van der Waals surface area contributed by atoms with E-state index in [0.717, 1.165) is 10.6 Å². The first-order valence-electron chi connectivity index (χ1n) is 7.01. The van der Waals surface area contributed by atoms with Gasteiger partial charge in [0.15, 0.2) is 9.84 Å². The molecule has 22 heavy (non-hydrogen) atoms. The lowest BCUT2D eigenvalue weighted by Gasteiger charge is -2.07. The van der Waals surface area contributed by atoms with Crippen LogP contribution in [0.25, 0.3) is 0 Å². The van der Waals surface area contributed by atoms with Crippen LogP contribution in [0, 0.1) is 11.7 Å². The van der Waals surface area contributed by atoms with Gasteiger partial charge in [-0.3, -0.25) is 0 Å². The van der Waals surface area contributed by atoms with Crippen LogP contribution >= 0.6 is 11.3 Å². The highest BCUT2D eigenvalue weighted by molar-refractivity contribution is 7.91. The van der Waals surface area contributed by atoms with Crippen LogP contribution in [0.15, 0.2) is 24.3 Å². The average molecular weight is 341 g/mol. The second-order valence-electron chi connectivity index (χ2n) is 5.45. The smallest absolute Gasteiger partial charge is 0.205 e. The number of hydrogen-bond donors (Lipinski definition) is 1. The van der Waals surface area contributed by atoms with E-state index < -0.39 is 9.84 Å². The van der Waals surface area contributed by atoms with Crippen molar-refractivity contribution in [1.29, 1.82) is 0 Å². The number of sulfone groups is 1. The van der Waals surface area contributed by atoms with E-state index in [0.29, 0.717) is 24.5 Å². The van der Waals surface area contributed by atoms with Gasteiger partial charge >= 0.3 is 0 Å². The van der Waals surface area contributed by atoms with Crippen LogP contribution in [0.3, 0.4) is 0 Å². The lowest BCUT2D eigenvalue weighted by molar-refractivity contribution is 0.596. The number of aromatic nitrogens is 2. The van der Waals surface area contributed by atoms with E-state index in [1.165, 1.54) is 23.5 Å². The standard InChI is InChI=1S/C14H16FN3O2S2/c15-12-3-1-10(2-4-12)7-13-17-18-14(21-13)16-8-11-5-6-22(19,20)9-11/h1-4,11H,5-9H2,(H,16,18)/t11-/m1/s1. The van der Waals surface area contributed by atoms with Gasteiger partial charge in [-0.1, -0.05) is 23.5 Å². The molecule has 118 valence electrons. The minimum Gasteiger partial charge on any atom is -0.360 e. The molecule has 0 saturated carbocycles. The van der Waals surface area contributed by atoms with Crippen molar-refractivity contribution in [3.63, 3.8) is 0 Å². The molecule has 0 aliphatic carbocycles. The second-order valence-corrected chi connectivity index (χ2v) is 8.74. The summed E-state index contributed by atoms with van der Waals surface area (Å²) >= 11 is 1.44. The van der Waals surface area contributed by atoms with Gasteiger partial charge in [0.05, 0.1) is 11.5 Å². The van der Waals surface area contributed by atoms with Gasteiger partial charge in [-0.2, -0.15) is 0 Å². The van der Waals surface area contributed by atoms with E-state index in [1.54, 1.807) is 12.1 Å². The Morgan fingerprint density at radius 1 is 1.27 bits per heavy atom. The molecule has 1 aliphatic rings. The molecule has 1 fully saturated rings. The molecule has 0 unspecified atom stereocenters. The minimum atomic E-state index is -2.84. The molecule has 3 rings (SSSR count). The van der Waals surface area contributed by atoms with Gasteiger partial charge in [-0.15, -0.1) is 10.2 Å². The van der Waals surface area contributed by atoms with Gasteiger partial charge in [0.2, 0.25) is 5.13 Å². The zero-order valence-corrected chi connectivity index (χ0v) is 13.5. The summed E-state index contributed by atoms with van der Waals surface area (Å²) in [6.07, 6.45) is 1.31. The summed E-state index contributed by atoms with van der Waals surface area (Å²) in [6.45, 7) is 0.602. The third kappa shape index (κ3) is 4.01. The Morgan fingerprint density at radius 2 is 2.05 bits per heavy atom. The van der Waals surface area contributed by atoms with Crippen LogP contribution in [-0.2, 0) is 16.3 Å². The molecule has 0 spiro atoms. The molecule has 8 heteroatoms. The van der Waals surface area contributed by atoms with Crippen molar-refractivity contribution in [2.75, 3.05) is 23.4 Å². The molecule has 1 saturated heterocycles. The second kappa shape index (κ2) is 6.29. The maximum absolute atomic E-state index is 12.9. The first-order valence-corrected chi connectivity index (χ1v) is 9.65. The summed E-state index contributed by atoms with van der Waals surface area (Å²) in [6, 6.07) is 6.31. The molecule has 0 amide bonds. The maximum Gasteiger partial charge on any atom is 0.205 e. The number of halogens is 1. The SMILES string of the molecule is O=S1(=O)CC[C@H](CNc2nnc(Cc3ccc(F)cc3)s2)C1. The van der Waals surface area contributed by atoms with Crippen LogP contribution < -0.4 is 5.32 Å². The highest BCUT2D eigenvalue weighted by Crippen LogP contribution is 2.22. The summed E-state index contributed by atoms with van der Waals surface area (Å²) in [5.74, 6) is 0.427. The third-order valence-electron chi connectivity index (χ3n) is 3.60. The first-order chi connectivity index (χ1) is 10.5. The number of anilines is 1. The molecule has 1 aliphatic heterocycles. The zero-order valence-electron chi connectivity index (χ0n) is 11.8. The molecule has 0 bridgehead atoms. The quantitative estimate of drug-likeness (QED) is 0.902. The van der Waals surface area contributed by atoms with Crippen molar-refractivity contribution in [1.82, 2.24) is 10.2 Å². The van der Waals surface area contributed by atoms with Crippen molar-refractivity contribution < 1.29 is 12.8 Å². The van der Waals surface area contributed by atoms with E-state index in [1.807, 2.05) is 0 Å². The van der Waals surface area contributed by atoms with E-state index >= 15 is 0 Å². The minimum absolute atomic E-state index is 0.148. The third-order valence-corrected chi connectivity index (χ3v) is 6.32. The molecule has 2 heterocycles. The first kappa shape index (κ1) is 15.4. The van der Waals surface area contributed by atoms with Crippen LogP contribution in [-0.4, -0.2) is 36.7 Å². The maximum atomic E-state index is 12.9. The molecule has 1 atom stereocenters. The molecular weight excluding hydrogens is 325 g/mol. The Bertz CT molecular complexity index is 744. The average Bonchev–Trinajstić information content (AvgIpc) is 3.05. The van der Waals surface area contributed by atoms with Crippen molar-refractivity contribution in [2.24, 2.45) is 5.92 Å². The Balaban J connectivity index is 1.54. The number of nitrogens with zero attached hydrogens (tertiary/aromatic N) is 2. The summed E-state index contributed by atoms with van der Waals surface area (Å²) < 4.78 is 35.7. The Hall–Kier alpha value is -1.54. The van der Waals surface area contributed by atoms with Gasteiger partial charge in [0, 0.05) is 13.0 Å². The summed E-state index contributed by atoms with van der Waals surface area (Å²) in [5, 5.41) is 12.9. The van der Waals surface area contributed by atoms with E-state index in [4.69, 9.17) is 0 Å². The van der Waals surface area contributed by atoms with Crippen LogP contribution in [0.1, 0.15) is 17.0 Å². The predicted molar refractivity (Wildman–Crippen MR) is 84.4 cm³/mol. The van der Waals surface area contributed by atoms with Crippen LogP contribution in [0.4, 0.5) is 9.52 Å². The lowest BCUT2D eigenvalue weighted by atomic mass is 10.1. The number of hydrogen-bond acceptors (Lipinski definition) is 6. The summed E-state index contributed by atoms with van der Waals surface area (Å²) in [7, 11) is -2.84. The molecule has 1 aromatic heterocycles. The fourth-order valence-electron chi connectivity index (χ4n) is 2.44. The largest absolute Gasteiger partial charge is 0.360 e. The predicted octanol–water partition coefficient (Wildman–Crippen LogP) is 2.11. The van der Waals surface area contributed by atoms with E-state index in [-0.39, 0.29) is 23.2 Å². The van der Waals surface area contributed by atoms with Crippen LogP contribution in [0.2, 0.25) is 0 Å². The molecule has 1 aromatic carbocycles. The Kier molecular flexibility index (Phi) is 4.39. The Morgan fingerprint density at radius 3 is 2.73 bits per heavy atom. The normalized spacial score (nSPS) is 20.1. The van der Waals surface area contributed by atoms with Crippen molar-refractivity contribution in [3.8, 4) is 0 Å². The van der Waals surface area contributed by atoms with Gasteiger partial charge in [-0.25, -0.2) is 12.8 Å². The molecule has 5 nitrogen and oxygen atoms in total. The van der Waals surface area contributed by atoms with Gasteiger partial charge in [0.1, 0.15) is 10.8 Å². The fourth-order valence-corrected chi connectivity index (χ4v) is 5.08. The number of rotatable bonds is 5. The lowest BCUT2D eigenvalue weighted by Crippen LogP contribution is -2.15. The highest BCUT2D eigenvalue weighted by atomic mass is 32.2. The zero-order chi connectivity index (χ0) is 15.6. The van der Waals surface area contributed by atoms with E-state index in [9.17, 15) is 12.8 Å². The topological polar surface area (TPSA) is 72.0 Å². The number of benzene rings is 1. The highest BCUT2D eigenvalue weighted by Gasteiger charge is 2.27. The van der Waals surface area contributed by atoms with Gasteiger partial charge < -0.3 is 5.32 Å². The molecular formula is C14H16FN3O2S2. The van der Waals surface area contributed by atoms with Crippen molar-refractivity contribution in [3.05, 3.63) is 40.7 Å². The summed E-state index contributed by atoms with van der Waals surface area (Å²) in [5.41, 5.74) is 0.978. The number of nitrogens with one attached hydrogen (secondary N) is 1. The van der Waals surface area contributed by atoms with Gasteiger partial charge in [0.25, 0.3) is 0 Å². The van der Waals surface area contributed by atoms with E-state index in [2.05, 4.69) is 15.5 Å².